The lowest BCUT2D eigenvalue weighted by atomic mass is 9.75. The summed E-state index contributed by atoms with van der Waals surface area (Å²) in [6.45, 7) is 5.76. The Labute approximate surface area is 73.3 Å². The molecule has 2 heteroatoms. The minimum absolute atomic E-state index is 0.242. The SMILES string of the molecule is CC(C)C1CC(F)C(C)C(F)C1. The van der Waals surface area contributed by atoms with E-state index in [1.165, 1.54) is 0 Å². The maximum atomic E-state index is 13.2. The lowest BCUT2D eigenvalue weighted by Gasteiger charge is -2.34. The van der Waals surface area contributed by atoms with Gasteiger partial charge in [0.25, 0.3) is 0 Å². The molecule has 0 heterocycles. The van der Waals surface area contributed by atoms with E-state index < -0.39 is 12.3 Å². The summed E-state index contributed by atoms with van der Waals surface area (Å²) in [6.07, 6.45) is -0.749. The summed E-state index contributed by atoms with van der Waals surface area (Å²) in [5, 5.41) is 0. The normalized spacial score (nSPS) is 43.5. The zero-order valence-electron chi connectivity index (χ0n) is 8.06. The summed E-state index contributed by atoms with van der Waals surface area (Å²) < 4.78 is 26.4. The maximum Gasteiger partial charge on any atom is 0.106 e. The minimum atomic E-state index is -0.929. The van der Waals surface area contributed by atoms with Crippen LogP contribution in [0.2, 0.25) is 0 Å². The van der Waals surface area contributed by atoms with Gasteiger partial charge in [-0.05, 0) is 24.7 Å². The molecular formula is C10H18F2. The fourth-order valence-electron chi connectivity index (χ4n) is 1.87. The number of halogens is 2. The first-order valence-corrected chi connectivity index (χ1v) is 4.80. The van der Waals surface area contributed by atoms with Crippen LogP contribution in [0.25, 0.3) is 0 Å². The fraction of sp³-hybridized carbons (Fsp3) is 1.00. The Hall–Kier alpha value is -0.140. The smallest absolute Gasteiger partial charge is 0.106 e. The monoisotopic (exact) mass is 176 g/mol. The zero-order chi connectivity index (χ0) is 9.30. The molecule has 0 bridgehead atoms. The third-order valence-corrected chi connectivity index (χ3v) is 3.14. The molecule has 2 unspecified atom stereocenters. The summed E-state index contributed by atoms with van der Waals surface area (Å²) in [5.41, 5.74) is 0. The van der Waals surface area contributed by atoms with Gasteiger partial charge in [0.05, 0.1) is 0 Å². The van der Waals surface area contributed by atoms with E-state index in [2.05, 4.69) is 0 Å². The van der Waals surface area contributed by atoms with Crippen LogP contribution >= 0.6 is 0 Å². The largest absolute Gasteiger partial charge is 0.247 e. The lowest BCUT2D eigenvalue weighted by molar-refractivity contribution is 0.0398. The molecule has 0 saturated heterocycles. The molecule has 12 heavy (non-hydrogen) atoms. The number of alkyl halides is 2. The van der Waals surface area contributed by atoms with Crippen LogP contribution in [0.3, 0.4) is 0 Å². The van der Waals surface area contributed by atoms with E-state index in [0.29, 0.717) is 18.8 Å². The molecule has 1 rings (SSSR count). The molecular weight excluding hydrogens is 158 g/mol. The average molecular weight is 176 g/mol. The Balaban J connectivity index is 2.53. The molecule has 1 saturated carbocycles. The Morgan fingerprint density at radius 1 is 1.08 bits per heavy atom. The van der Waals surface area contributed by atoms with Gasteiger partial charge in [0, 0.05) is 5.92 Å². The van der Waals surface area contributed by atoms with Gasteiger partial charge in [-0.25, -0.2) is 8.78 Å². The van der Waals surface area contributed by atoms with Gasteiger partial charge in [-0.3, -0.25) is 0 Å². The van der Waals surface area contributed by atoms with Crippen LogP contribution in [0.4, 0.5) is 8.78 Å². The second-order valence-corrected chi connectivity index (χ2v) is 4.37. The van der Waals surface area contributed by atoms with Crippen molar-refractivity contribution in [1.29, 1.82) is 0 Å². The molecule has 1 aliphatic carbocycles. The van der Waals surface area contributed by atoms with E-state index in [-0.39, 0.29) is 11.8 Å². The van der Waals surface area contributed by atoms with E-state index in [9.17, 15) is 8.78 Å². The van der Waals surface area contributed by atoms with Gasteiger partial charge >= 0.3 is 0 Å². The Kier molecular flexibility index (Phi) is 3.08. The van der Waals surface area contributed by atoms with Gasteiger partial charge in [0.1, 0.15) is 12.3 Å². The van der Waals surface area contributed by atoms with Gasteiger partial charge in [-0.1, -0.05) is 20.8 Å². The molecule has 1 fully saturated rings. The van der Waals surface area contributed by atoms with Crippen LogP contribution in [0.5, 0.6) is 0 Å². The molecule has 72 valence electrons. The van der Waals surface area contributed by atoms with E-state index >= 15 is 0 Å². The highest BCUT2D eigenvalue weighted by Gasteiger charge is 2.36. The van der Waals surface area contributed by atoms with Crippen molar-refractivity contribution in [2.45, 2.75) is 46.0 Å². The van der Waals surface area contributed by atoms with Gasteiger partial charge in [-0.15, -0.1) is 0 Å². The van der Waals surface area contributed by atoms with E-state index in [1.54, 1.807) is 6.92 Å². The van der Waals surface area contributed by atoms with Crippen molar-refractivity contribution in [3.05, 3.63) is 0 Å². The molecule has 0 nitrogen and oxygen atoms in total. The predicted octanol–water partition coefficient (Wildman–Crippen LogP) is 3.36. The van der Waals surface area contributed by atoms with Gasteiger partial charge in [0.15, 0.2) is 0 Å². The van der Waals surface area contributed by atoms with Gasteiger partial charge in [0.2, 0.25) is 0 Å². The van der Waals surface area contributed by atoms with Crippen molar-refractivity contribution in [2.24, 2.45) is 17.8 Å². The molecule has 0 aliphatic heterocycles. The van der Waals surface area contributed by atoms with Crippen LogP contribution < -0.4 is 0 Å². The molecule has 0 radical (unpaired) electrons. The summed E-state index contributed by atoms with van der Waals surface area (Å²) in [7, 11) is 0. The van der Waals surface area contributed by atoms with Crippen molar-refractivity contribution >= 4 is 0 Å². The van der Waals surface area contributed by atoms with Gasteiger partial charge < -0.3 is 0 Å². The molecule has 0 aromatic heterocycles. The second-order valence-electron chi connectivity index (χ2n) is 4.37. The highest BCUT2D eigenvalue weighted by molar-refractivity contribution is 4.85. The summed E-state index contributed by atoms with van der Waals surface area (Å²) >= 11 is 0. The first kappa shape index (κ1) is 9.94. The molecule has 1 aliphatic rings. The fourth-order valence-corrected chi connectivity index (χ4v) is 1.87. The number of rotatable bonds is 1. The van der Waals surface area contributed by atoms with E-state index in [4.69, 9.17) is 0 Å². The number of hydrogen-bond acceptors (Lipinski definition) is 0. The Morgan fingerprint density at radius 3 is 1.83 bits per heavy atom. The third kappa shape index (κ3) is 1.96. The quantitative estimate of drug-likeness (QED) is 0.574. The van der Waals surface area contributed by atoms with Crippen LogP contribution in [-0.4, -0.2) is 12.3 Å². The highest BCUT2D eigenvalue weighted by Crippen LogP contribution is 2.36. The van der Waals surface area contributed by atoms with E-state index in [1.807, 2.05) is 13.8 Å². The van der Waals surface area contributed by atoms with Crippen LogP contribution in [0.1, 0.15) is 33.6 Å². The van der Waals surface area contributed by atoms with Crippen molar-refractivity contribution in [3.63, 3.8) is 0 Å². The number of hydrogen-bond donors (Lipinski definition) is 0. The molecule has 0 aromatic rings. The second kappa shape index (κ2) is 3.71. The maximum absolute atomic E-state index is 13.2. The molecule has 0 spiro atoms. The third-order valence-electron chi connectivity index (χ3n) is 3.14. The zero-order valence-corrected chi connectivity index (χ0v) is 8.06. The summed E-state index contributed by atoms with van der Waals surface area (Å²) in [5.74, 6) is 0.264. The first-order valence-electron chi connectivity index (χ1n) is 4.80. The van der Waals surface area contributed by atoms with Crippen molar-refractivity contribution in [3.8, 4) is 0 Å². The summed E-state index contributed by atoms with van der Waals surface area (Å²) in [6, 6.07) is 0. The Bertz CT molecular complexity index is 133. The van der Waals surface area contributed by atoms with Gasteiger partial charge in [-0.2, -0.15) is 0 Å². The minimum Gasteiger partial charge on any atom is -0.247 e. The van der Waals surface area contributed by atoms with Crippen molar-refractivity contribution in [1.82, 2.24) is 0 Å². The lowest BCUT2D eigenvalue weighted by Crippen LogP contribution is -2.35. The van der Waals surface area contributed by atoms with E-state index in [0.717, 1.165) is 0 Å². The summed E-state index contributed by atoms with van der Waals surface area (Å²) in [4.78, 5) is 0. The molecule has 0 aromatic carbocycles. The first-order chi connectivity index (χ1) is 5.52. The topological polar surface area (TPSA) is 0 Å². The van der Waals surface area contributed by atoms with Crippen molar-refractivity contribution in [2.75, 3.05) is 0 Å². The predicted molar refractivity (Wildman–Crippen MR) is 46.5 cm³/mol. The average Bonchev–Trinajstić information content (AvgIpc) is 1.99. The van der Waals surface area contributed by atoms with Crippen LogP contribution in [-0.2, 0) is 0 Å². The molecule has 2 atom stereocenters. The molecule has 0 N–H and O–H groups in total. The standard InChI is InChI=1S/C10H18F2/c1-6(2)8-4-9(11)7(3)10(12)5-8/h6-10H,4-5H2,1-3H3. The van der Waals surface area contributed by atoms with Crippen molar-refractivity contribution < 1.29 is 8.78 Å². The molecule has 0 amide bonds. The highest BCUT2D eigenvalue weighted by atomic mass is 19.1. The Morgan fingerprint density at radius 2 is 1.50 bits per heavy atom. The van der Waals surface area contributed by atoms with Crippen LogP contribution in [0.15, 0.2) is 0 Å². The van der Waals surface area contributed by atoms with Crippen LogP contribution in [0, 0.1) is 17.8 Å².